The Morgan fingerprint density at radius 3 is 2.48 bits per heavy atom. The fourth-order valence-corrected chi connectivity index (χ4v) is 5.08. The van der Waals surface area contributed by atoms with E-state index >= 15 is 0 Å². The molecule has 0 radical (unpaired) electrons. The number of amides is 2. The predicted octanol–water partition coefficient (Wildman–Crippen LogP) is 2.29. The van der Waals surface area contributed by atoms with Crippen molar-refractivity contribution in [3.05, 3.63) is 35.9 Å². The number of hydrogen-bond acceptors (Lipinski definition) is 4. The molecule has 2 amide bonds. The molecule has 1 aromatic rings. The molecule has 172 valence electrons. The van der Waals surface area contributed by atoms with Crippen LogP contribution in [0.1, 0.15) is 45.6 Å². The third kappa shape index (κ3) is 5.86. The molecule has 4 atom stereocenters. The largest absolute Gasteiger partial charge is 0.343 e. The Morgan fingerprint density at radius 2 is 1.84 bits per heavy atom. The van der Waals surface area contributed by atoms with Gasteiger partial charge in [0, 0.05) is 25.7 Å². The first kappa shape index (κ1) is 23.7. The number of piperidine rings is 1. The molecule has 0 aliphatic carbocycles. The van der Waals surface area contributed by atoms with Gasteiger partial charge in [-0.2, -0.15) is 0 Å². The number of likely N-dealkylation sites (N-methyl/N-ethyl adjacent to an activating group) is 1. The van der Waals surface area contributed by atoms with Crippen LogP contribution in [0.5, 0.6) is 0 Å². The van der Waals surface area contributed by atoms with Crippen LogP contribution in [0.25, 0.3) is 0 Å². The molecule has 2 fully saturated rings. The second kappa shape index (κ2) is 11.1. The highest BCUT2D eigenvalue weighted by Gasteiger charge is 2.43. The molecule has 2 heterocycles. The van der Waals surface area contributed by atoms with Crippen molar-refractivity contribution in [2.45, 2.75) is 64.6 Å². The standard InChI is InChI=1S/C25H40N4O2/c1-5-21(26-4)24(30)27-23(18(2)3)25(31)29-16-13-20-12-15-28(17-22(20)29)14-11-19-9-7-6-8-10-19/h6-10,18,20-23,26H,5,11-17H2,1-4H3,(H,27,30)/t20?,21-,22?,23-/m0/s1. The molecule has 2 aliphatic rings. The molecule has 6 nitrogen and oxygen atoms in total. The second-order valence-corrected chi connectivity index (χ2v) is 9.45. The lowest BCUT2D eigenvalue weighted by Gasteiger charge is -2.40. The molecule has 2 N–H and O–H groups in total. The number of carbonyl (C=O) groups excluding carboxylic acids is 2. The molecular weight excluding hydrogens is 388 g/mol. The number of nitrogens with one attached hydrogen (secondary N) is 2. The number of carbonyl (C=O) groups is 2. The van der Waals surface area contributed by atoms with E-state index in [-0.39, 0.29) is 29.8 Å². The zero-order chi connectivity index (χ0) is 22.4. The van der Waals surface area contributed by atoms with E-state index in [9.17, 15) is 9.59 Å². The average Bonchev–Trinajstić information content (AvgIpc) is 3.20. The third-order valence-electron chi connectivity index (χ3n) is 7.09. The van der Waals surface area contributed by atoms with E-state index in [0.717, 1.165) is 45.4 Å². The zero-order valence-corrected chi connectivity index (χ0v) is 19.6. The first-order chi connectivity index (χ1) is 14.9. The molecule has 2 unspecified atom stereocenters. The van der Waals surface area contributed by atoms with Gasteiger partial charge < -0.3 is 20.4 Å². The van der Waals surface area contributed by atoms with Crippen molar-refractivity contribution < 1.29 is 9.59 Å². The number of benzene rings is 1. The summed E-state index contributed by atoms with van der Waals surface area (Å²) in [5, 5.41) is 6.08. The Morgan fingerprint density at radius 1 is 1.13 bits per heavy atom. The van der Waals surface area contributed by atoms with Gasteiger partial charge >= 0.3 is 0 Å². The van der Waals surface area contributed by atoms with Gasteiger partial charge in [0.1, 0.15) is 6.04 Å². The van der Waals surface area contributed by atoms with Crippen LogP contribution in [-0.4, -0.2) is 73.0 Å². The monoisotopic (exact) mass is 428 g/mol. The van der Waals surface area contributed by atoms with Gasteiger partial charge in [-0.25, -0.2) is 0 Å². The van der Waals surface area contributed by atoms with Crippen molar-refractivity contribution >= 4 is 11.8 Å². The normalized spacial score (nSPS) is 23.5. The van der Waals surface area contributed by atoms with Gasteiger partial charge in [-0.05, 0) is 56.7 Å². The molecule has 2 saturated heterocycles. The molecule has 0 spiro atoms. The van der Waals surface area contributed by atoms with Crippen molar-refractivity contribution in [1.29, 1.82) is 0 Å². The van der Waals surface area contributed by atoms with Crippen molar-refractivity contribution in [3.63, 3.8) is 0 Å². The van der Waals surface area contributed by atoms with Crippen LogP contribution >= 0.6 is 0 Å². The molecule has 6 heteroatoms. The minimum atomic E-state index is -0.464. The van der Waals surface area contributed by atoms with E-state index in [4.69, 9.17) is 0 Å². The molecule has 31 heavy (non-hydrogen) atoms. The van der Waals surface area contributed by atoms with E-state index in [1.807, 2.05) is 20.8 Å². The van der Waals surface area contributed by atoms with Crippen LogP contribution < -0.4 is 10.6 Å². The van der Waals surface area contributed by atoms with E-state index in [1.54, 1.807) is 7.05 Å². The van der Waals surface area contributed by atoms with Gasteiger partial charge in [0.15, 0.2) is 0 Å². The van der Waals surface area contributed by atoms with Crippen molar-refractivity contribution in [3.8, 4) is 0 Å². The van der Waals surface area contributed by atoms with Gasteiger partial charge in [0.25, 0.3) is 0 Å². The smallest absolute Gasteiger partial charge is 0.245 e. The summed E-state index contributed by atoms with van der Waals surface area (Å²) < 4.78 is 0. The Bertz CT molecular complexity index is 719. The number of fused-ring (bicyclic) bond motifs is 1. The Kier molecular flexibility index (Phi) is 8.50. The topological polar surface area (TPSA) is 64.7 Å². The SMILES string of the molecule is CC[C@H](NC)C(=O)N[C@H](C(=O)N1CCC2CCN(CCc3ccccc3)CC21)C(C)C. The maximum atomic E-state index is 13.5. The molecule has 1 aromatic carbocycles. The van der Waals surface area contributed by atoms with Crippen LogP contribution in [0.2, 0.25) is 0 Å². The average molecular weight is 429 g/mol. The van der Waals surface area contributed by atoms with Gasteiger partial charge in [-0.3, -0.25) is 9.59 Å². The molecule has 0 saturated carbocycles. The summed E-state index contributed by atoms with van der Waals surface area (Å²) in [6.45, 7) is 9.90. The predicted molar refractivity (Wildman–Crippen MR) is 125 cm³/mol. The quantitative estimate of drug-likeness (QED) is 0.633. The van der Waals surface area contributed by atoms with E-state index < -0.39 is 6.04 Å². The second-order valence-electron chi connectivity index (χ2n) is 9.45. The van der Waals surface area contributed by atoms with E-state index in [2.05, 4.69) is 50.8 Å². The Hall–Kier alpha value is -1.92. The third-order valence-corrected chi connectivity index (χ3v) is 7.09. The highest BCUT2D eigenvalue weighted by Crippen LogP contribution is 2.32. The maximum Gasteiger partial charge on any atom is 0.245 e. The van der Waals surface area contributed by atoms with Crippen LogP contribution in [0, 0.1) is 11.8 Å². The lowest BCUT2D eigenvalue weighted by molar-refractivity contribution is -0.139. The molecule has 2 aliphatic heterocycles. The van der Waals surface area contributed by atoms with Crippen LogP contribution in [0.15, 0.2) is 30.3 Å². The Labute approximate surface area is 187 Å². The fourth-order valence-electron chi connectivity index (χ4n) is 5.08. The minimum Gasteiger partial charge on any atom is -0.343 e. The zero-order valence-electron chi connectivity index (χ0n) is 19.6. The highest BCUT2D eigenvalue weighted by molar-refractivity contribution is 5.90. The molecule has 0 aromatic heterocycles. The first-order valence-electron chi connectivity index (χ1n) is 12.0. The summed E-state index contributed by atoms with van der Waals surface area (Å²) in [6.07, 6.45) is 3.97. The summed E-state index contributed by atoms with van der Waals surface area (Å²) in [5.74, 6) is 0.649. The number of likely N-dealkylation sites (tertiary alicyclic amines) is 2. The summed E-state index contributed by atoms with van der Waals surface area (Å²) in [4.78, 5) is 30.8. The number of nitrogens with zero attached hydrogens (tertiary/aromatic N) is 2. The van der Waals surface area contributed by atoms with Crippen molar-refractivity contribution in [2.75, 3.05) is 33.2 Å². The van der Waals surface area contributed by atoms with Crippen molar-refractivity contribution in [1.82, 2.24) is 20.4 Å². The molecule has 0 bridgehead atoms. The first-order valence-corrected chi connectivity index (χ1v) is 12.0. The van der Waals surface area contributed by atoms with E-state index in [1.165, 1.54) is 5.56 Å². The minimum absolute atomic E-state index is 0.0580. The van der Waals surface area contributed by atoms with Crippen LogP contribution in [0.4, 0.5) is 0 Å². The van der Waals surface area contributed by atoms with Gasteiger partial charge in [0.05, 0.1) is 6.04 Å². The highest BCUT2D eigenvalue weighted by atomic mass is 16.2. The summed E-state index contributed by atoms with van der Waals surface area (Å²) in [6, 6.07) is 10.1. The Balaban J connectivity index is 1.62. The van der Waals surface area contributed by atoms with Gasteiger partial charge in [-0.15, -0.1) is 0 Å². The fraction of sp³-hybridized carbons (Fsp3) is 0.680. The van der Waals surface area contributed by atoms with Crippen LogP contribution in [0.3, 0.4) is 0 Å². The van der Waals surface area contributed by atoms with E-state index in [0.29, 0.717) is 12.3 Å². The summed E-state index contributed by atoms with van der Waals surface area (Å²) >= 11 is 0. The maximum absolute atomic E-state index is 13.5. The summed E-state index contributed by atoms with van der Waals surface area (Å²) in [5.41, 5.74) is 1.36. The van der Waals surface area contributed by atoms with Crippen molar-refractivity contribution in [2.24, 2.45) is 11.8 Å². The molecule has 3 rings (SSSR count). The summed E-state index contributed by atoms with van der Waals surface area (Å²) in [7, 11) is 1.79. The number of rotatable bonds is 9. The lowest BCUT2D eigenvalue weighted by Crippen LogP contribution is -2.58. The van der Waals surface area contributed by atoms with Gasteiger partial charge in [-0.1, -0.05) is 51.1 Å². The van der Waals surface area contributed by atoms with Crippen LogP contribution in [-0.2, 0) is 16.0 Å². The lowest BCUT2D eigenvalue weighted by atomic mass is 9.91. The van der Waals surface area contributed by atoms with Gasteiger partial charge in [0.2, 0.25) is 11.8 Å². The molecular formula is C25H40N4O2. The number of hydrogen-bond donors (Lipinski definition) is 2.